The van der Waals surface area contributed by atoms with Gasteiger partial charge in [0.25, 0.3) is 0 Å². The van der Waals surface area contributed by atoms with Gasteiger partial charge in [0.2, 0.25) is 10.0 Å². The molecular formula is C16H26N2O2S. The molecular weight excluding hydrogens is 284 g/mol. The Labute approximate surface area is 128 Å². The lowest BCUT2D eigenvalue weighted by Crippen LogP contribution is -2.41. The fraction of sp³-hybridized carbons (Fsp3) is 0.625. The van der Waals surface area contributed by atoms with Crippen molar-refractivity contribution in [1.29, 1.82) is 0 Å². The van der Waals surface area contributed by atoms with E-state index in [1.807, 2.05) is 6.92 Å². The highest BCUT2D eigenvalue weighted by molar-refractivity contribution is 7.88. The fourth-order valence-electron chi connectivity index (χ4n) is 2.90. The molecule has 0 spiro atoms. The Hall–Kier alpha value is -0.910. The molecule has 0 bridgehead atoms. The molecule has 4 nitrogen and oxygen atoms in total. The highest BCUT2D eigenvalue weighted by Crippen LogP contribution is 2.36. The smallest absolute Gasteiger partial charge is 0.211 e. The van der Waals surface area contributed by atoms with Crippen molar-refractivity contribution in [1.82, 2.24) is 9.62 Å². The molecule has 1 aliphatic rings. The number of nitrogens with zero attached hydrogens (tertiary/aromatic N) is 1. The van der Waals surface area contributed by atoms with Gasteiger partial charge in [0.05, 0.1) is 6.26 Å². The fourth-order valence-corrected chi connectivity index (χ4v) is 3.83. The first-order chi connectivity index (χ1) is 10.0. The lowest BCUT2D eigenvalue weighted by atomic mass is 9.76. The topological polar surface area (TPSA) is 49.4 Å². The molecule has 1 N–H and O–H groups in total. The van der Waals surface area contributed by atoms with Gasteiger partial charge in [-0.25, -0.2) is 12.7 Å². The van der Waals surface area contributed by atoms with E-state index >= 15 is 0 Å². The average Bonchev–Trinajstić information content (AvgIpc) is 2.40. The standard InChI is InChI=1S/C16H26N2O2S/c1-3-18(21(2,19)20)11-7-10-17-16-12-15(13-16)14-8-5-4-6-9-14/h4-6,8-9,15-17H,3,7,10-13H2,1-2H3. The molecule has 21 heavy (non-hydrogen) atoms. The van der Waals surface area contributed by atoms with E-state index in [0.717, 1.165) is 13.0 Å². The molecule has 0 amide bonds. The van der Waals surface area contributed by atoms with Gasteiger partial charge in [-0.2, -0.15) is 0 Å². The van der Waals surface area contributed by atoms with E-state index in [-0.39, 0.29) is 0 Å². The predicted molar refractivity (Wildman–Crippen MR) is 86.9 cm³/mol. The Bertz CT molecular complexity index is 524. The molecule has 1 aliphatic carbocycles. The van der Waals surface area contributed by atoms with Crippen molar-refractivity contribution in [3.63, 3.8) is 0 Å². The largest absolute Gasteiger partial charge is 0.314 e. The van der Waals surface area contributed by atoms with E-state index in [1.165, 1.54) is 29.0 Å². The van der Waals surface area contributed by atoms with E-state index in [0.29, 0.717) is 25.0 Å². The van der Waals surface area contributed by atoms with Crippen molar-refractivity contribution in [3.05, 3.63) is 35.9 Å². The maximum Gasteiger partial charge on any atom is 0.211 e. The molecule has 5 heteroatoms. The molecule has 0 aromatic heterocycles. The minimum absolute atomic E-state index is 0.554. The van der Waals surface area contributed by atoms with Crippen molar-refractivity contribution >= 4 is 10.0 Å². The lowest BCUT2D eigenvalue weighted by molar-refractivity contribution is 0.287. The van der Waals surface area contributed by atoms with Crippen LogP contribution in [0.2, 0.25) is 0 Å². The summed E-state index contributed by atoms with van der Waals surface area (Å²) < 4.78 is 24.5. The summed E-state index contributed by atoms with van der Waals surface area (Å²) in [7, 11) is -3.05. The average molecular weight is 310 g/mol. The van der Waals surface area contributed by atoms with Crippen molar-refractivity contribution < 1.29 is 8.42 Å². The van der Waals surface area contributed by atoms with Gasteiger partial charge in [-0.1, -0.05) is 37.3 Å². The van der Waals surface area contributed by atoms with E-state index in [2.05, 4.69) is 35.6 Å². The Kier molecular flexibility index (Phi) is 5.79. The van der Waals surface area contributed by atoms with Crippen LogP contribution in [0.15, 0.2) is 30.3 Å². The summed E-state index contributed by atoms with van der Waals surface area (Å²) in [5, 5.41) is 3.53. The maximum absolute atomic E-state index is 11.5. The first-order valence-electron chi connectivity index (χ1n) is 7.74. The minimum Gasteiger partial charge on any atom is -0.314 e. The van der Waals surface area contributed by atoms with Crippen molar-refractivity contribution in [2.75, 3.05) is 25.9 Å². The first kappa shape index (κ1) is 16.5. The molecule has 2 rings (SSSR count). The second kappa shape index (κ2) is 7.38. The second-order valence-corrected chi connectivity index (χ2v) is 7.82. The van der Waals surface area contributed by atoms with Crippen LogP contribution in [0.1, 0.15) is 37.7 Å². The molecule has 0 saturated heterocycles. The molecule has 0 radical (unpaired) electrons. The van der Waals surface area contributed by atoms with E-state index < -0.39 is 10.0 Å². The van der Waals surface area contributed by atoms with Crippen molar-refractivity contribution in [2.24, 2.45) is 0 Å². The van der Waals surface area contributed by atoms with E-state index in [1.54, 1.807) is 0 Å². The highest BCUT2D eigenvalue weighted by Gasteiger charge is 2.29. The Morgan fingerprint density at radius 3 is 2.48 bits per heavy atom. The molecule has 1 saturated carbocycles. The number of hydrogen-bond donors (Lipinski definition) is 1. The zero-order valence-electron chi connectivity index (χ0n) is 13.0. The second-order valence-electron chi connectivity index (χ2n) is 5.84. The van der Waals surface area contributed by atoms with Gasteiger partial charge < -0.3 is 5.32 Å². The Balaban J connectivity index is 1.62. The van der Waals surface area contributed by atoms with Gasteiger partial charge in [0.1, 0.15) is 0 Å². The van der Waals surface area contributed by atoms with Gasteiger partial charge >= 0.3 is 0 Å². The van der Waals surface area contributed by atoms with Gasteiger partial charge in [-0.15, -0.1) is 0 Å². The molecule has 0 atom stereocenters. The monoisotopic (exact) mass is 310 g/mol. The lowest BCUT2D eigenvalue weighted by Gasteiger charge is -2.36. The molecule has 0 unspecified atom stereocenters. The van der Waals surface area contributed by atoms with Gasteiger partial charge in [0.15, 0.2) is 0 Å². The molecule has 118 valence electrons. The molecule has 0 heterocycles. The van der Waals surface area contributed by atoms with Crippen LogP contribution in [0, 0.1) is 0 Å². The van der Waals surface area contributed by atoms with Crippen LogP contribution >= 0.6 is 0 Å². The van der Waals surface area contributed by atoms with E-state index in [4.69, 9.17) is 0 Å². The quantitative estimate of drug-likeness (QED) is 0.749. The SMILES string of the molecule is CCN(CCCNC1CC(c2ccccc2)C1)S(C)(=O)=O. The number of sulfonamides is 1. The van der Waals surface area contributed by atoms with Gasteiger partial charge in [-0.05, 0) is 37.3 Å². The number of nitrogens with one attached hydrogen (secondary N) is 1. The van der Waals surface area contributed by atoms with Gasteiger partial charge in [-0.3, -0.25) is 0 Å². The third-order valence-corrected chi connectivity index (χ3v) is 5.63. The normalized spacial score (nSPS) is 22.2. The number of rotatable bonds is 8. The highest BCUT2D eigenvalue weighted by atomic mass is 32.2. The number of benzene rings is 1. The Morgan fingerprint density at radius 1 is 1.24 bits per heavy atom. The first-order valence-corrected chi connectivity index (χ1v) is 9.59. The van der Waals surface area contributed by atoms with Crippen LogP contribution in [0.5, 0.6) is 0 Å². The van der Waals surface area contributed by atoms with Crippen molar-refractivity contribution in [2.45, 2.75) is 38.1 Å². The van der Waals surface area contributed by atoms with Gasteiger partial charge in [0, 0.05) is 19.1 Å². The summed E-state index contributed by atoms with van der Waals surface area (Å²) in [6, 6.07) is 11.2. The molecule has 0 aliphatic heterocycles. The molecule has 1 aromatic carbocycles. The summed E-state index contributed by atoms with van der Waals surface area (Å²) in [5.74, 6) is 0.687. The summed E-state index contributed by atoms with van der Waals surface area (Å²) in [4.78, 5) is 0. The summed E-state index contributed by atoms with van der Waals surface area (Å²) >= 11 is 0. The van der Waals surface area contributed by atoms with Crippen LogP contribution < -0.4 is 5.32 Å². The summed E-state index contributed by atoms with van der Waals surface area (Å²) in [6.07, 6.45) is 4.52. The summed E-state index contributed by atoms with van der Waals surface area (Å²) in [6.45, 7) is 3.93. The Morgan fingerprint density at radius 2 is 1.90 bits per heavy atom. The van der Waals surface area contributed by atoms with Crippen LogP contribution in [0.4, 0.5) is 0 Å². The van der Waals surface area contributed by atoms with E-state index in [9.17, 15) is 8.42 Å². The predicted octanol–water partition coefficient (Wildman–Crippen LogP) is 2.19. The van der Waals surface area contributed by atoms with Crippen LogP contribution in [-0.4, -0.2) is 44.7 Å². The third kappa shape index (κ3) is 4.80. The molecule has 1 aromatic rings. The number of hydrogen-bond acceptors (Lipinski definition) is 3. The van der Waals surface area contributed by atoms with Crippen LogP contribution in [0.3, 0.4) is 0 Å². The summed E-state index contributed by atoms with van der Waals surface area (Å²) in [5.41, 5.74) is 1.43. The van der Waals surface area contributed by atoms with Crippen LogP contribution in [0.25, 0.3) is 0 Å². The zero-order valence-corrected chi connectivity index (χ0v) is 13.8. The minimum atomic E-state index is -3.05. The van der Waals surface area contributed by atoms with Crippen LogP contribution in [-0.2, 0) is 10.0 Å². The maximum atomic E-state index is 11.5. The zero-order chi connectivity index (χ0) is 15.3. The molecule has 1 fully saturated rings. The van der Waals surface area contributed by atoms with Crippen molar-refractivity contribution in [3.8, 4) is 0 Å². The third-order valence-electron chi connectivity index (χ3n) is 4.25.